The highest BCUT2D eigenvalue weighted by molar-refractivity contribution is 9.11. The van der Waals surface area contributed by atoms with Crippen LogP contribution in [0, 0.1) is 11.6 Å². The molecule has 1 aliphatic carbocycles. The monoisotopic (exact) mass is 534 g/mol. The van der Waals surface area contributed by atoms with E-state index >= 15 is 4.39 Å². The molecule has 3 heterocycles. The van der Waals surface area contributed by atoms with Crippen LogP contribution in [0.2, 0.25) is 0 Å². The summed E-state index contributed by atoms with van der Waals surface area (Å²) >= 11 is 4.79. The molecule has 0 radical (unpaired) electrons. The van der Waals surface area contributed by atoms with Crippen LogP contribution in [0.25, 0.3) is 6.08 Å². The molecule has 7 nitrogen and oxygen atoms in total. The third-order valence-corrected chi connectivity index (χ3v) is 6.98. The van der Waals surface area contributed by atoms with E-state index in [-0.39, 0.29) is 6.01 Å². The maximum absolute atomic E-state index is 15.1. The second kappa shape index (κ2) is 8.96. The Morgan fingerprint density at radius 2 is 1.94 bits per heavy atom. The number of fused-ring (bicyclic) bond motifs is 1. The molecule has 1 saturated heterocycles. The first-order chi connectivity index (χ1) is 15.9. The summed E-state index contributed by atoms with van der Waals surface area (Å²) in [6.07, 6.45) is 3.92. The first-order valence-corrected chi connectivity index (χ1v) is 12.0. The van der Waals surface area contributed by atoms with E-state index in [4.69, 9.17) is 4.74 Å². The molecule has 5 rings (SSSR count). The zero-order chi connectivity index (χ0) is 23.1. The van der Waals surface area contributed by atoms with Gasteiger partial charge in [0.1, 0.15) is 11.6 Å². The summed E-state index contributed by atoms with van der Waals surface area (Å²) in [5.41, 5.74) is 1.93. The van der Waals surface area contributed by atoms with E-state index in [1.165, 1.54) is 17.4 Å². The number of piperazine rings is 1. The zero-order valence-electron chi connectivity index (χ0n) is 18.0. The number of rotatable bonds is 5. The van der Waals surface area contributed by atoms with Gasteiger partial charge in [-0.2, -0.15) is 9.97 Å². The largest absolute Gasteiger partial charge is 0.418 e. The topological polar surface area (TPSA) is 66.4 Å². The number of thiazole rings is 1. The Balaban J connectivity index is 1.50. The lowest BCUT2D eigenvalue weighted by Crippen LogP contribution is -2.44. The summed E-state index contributed by atoms with van der Waals surface area (Å²) in [6, 6.07) is 2.97. The lowest BCUT2D eigenvalue weighted by Gasteiger charge is -2.33. The summed E-state index contributed by atoms with van der Waals surface area (Å²) < 4.78 is 36.4. The van der Waals surface area contributed by atoms with Crippen molar-refractivity contribution in [3.8, 4) is 11.8 Å². The number of benzene rings is 1. The van der Waals surface area contributed by atoms with E-state index in [1.54, 1.807) is 18.3 Å². The quantitative estimate of drug-likeness (QED) is 0.481. The van der Waals surface area contributed by atoms with Crippen molar-refractivity contribution in [2.24, 2.45) is 0 Å². The molecule has 172 valence electrons. The van der Waals surface area contributed by atoms with Gasteiger partial charge >= 0.3 is 6.01 Å². The number of ether oxygens (including phenoxy) is 1. The number of aromatic nitrogens is 3. The van der Waals surface area contributed by atoms with Crippen LogP contribution in [-0.4, -0.2) is 53.1 Å². The smallest absolute Gasteiger partial charge is 0.326 e. The average Bonchev–Trinajstić information content (AvgIpc) is 3.36. The Labute approximate surface area is 202 Å². The van der Waals surface area contributed by atoms with Gasteiger partial charge in [0.25, 0.3) is 0 Å². The standard InChI is InChI=1S/C22H21BrF2N6OS/c1-12-7-13-9-15(24)20(19(25)14(13)8-12)32-21-27-17(28-22-26-11-16(23)33-22)10-18(29-21)31-5-3-30(2)4-6-31/h8-11H,3-7H2,1-2H3,(H,26,27,28,29). The van der Waals surface area contributed by atoms with E-state index in [9.17, 15) is 4.39 Å². The summed E-state index contributed by atoms with van der Waals surface area (Å²) in [6.45, 7) is 5.17. The van der Waals surface area contributed by atoms with E-state index < -0.39 is 17.4 Å². The van der Waals surface area contributed by atoms with Crippen LogP contribution < -0.4 is 15.0 Å². The number of nitrogens with one attached hydrogen (secondary N) is 1. The van der Waals surface area contributed by atoms with Gasteiger partial charge in [-0.3, -0.25) is 0 Å². The molecule has 33 heavy (non-hydrogen) atoms. The van der Waals surface area contributed by atoms with Gasteiger partial charge in [0.15, 0.2) is 16.8 Å². The summed E-state index contributed by atoms with van der Waals surface area (Å²) in [7, 11) is 2.06. The van der Waals surface area contributed by atoms with Crippen LogP contribution in [0.4, 0.5) is 25.5 Å². The molecule has 1 aromatic carbocycles. The molecule has 0 unspecified atom stereocenters. The maximum Gasteiger partial charge on any atom is 0.326 e. The van der Waals surface area contributed by atoms with Gasteiger partial charge in [0.05, 0.1) is 9.98 Å². The Morgan fingerprint density at radius 3 is 2.67 bits per heavy atom. The number of anilines is 3. The fourth-order valence-corrected chi connectivity index (χ4v) is 5.00. The van der Waals surface area contributed by atoms with Gasteiger partial charge in [0.2, 0.25) is 5.75 Å². The molecule has 11 heteroatoms. The van der Waals surface area contributed by atoms with Gasteiger partial charge in [-0.15, -0.1) is 0 Å². The molecular weight excluding hydrogens is 514 g/mol. The minimum Gasteiger partial charge on any atom is -0.418 e. The number of hydrogen-bond acceptors (Lipinski definition) is 8. The maximum atomic E-state index is 15.1. The van der Waals surface area contributed by atoms with Crippen LogP contribution in [0.1, 0.15) is 18.1 Å². The van der Waals surface area contributed by atoms with Crippen molar-refractivity contribution in [1.29, 1.82) is 0 Å². The van der Waals surface area contributed by atoms with Gasteiger partial charge in [-0.25, -0.2) is 13.8 Å². The SMILES string of the molecule is CC1=Cc2c(cc(F)c(Oc3nc(Nc4ncc(Br)s4)cc(N4CCN(C)CC4)n3)c2F)C1. The lowest BCUT2D eigenvalue weighted by molar-refractivity contribution is 0.311. The minimum atomic E-state index is -0.777. The summed E-state index contributed by atoms with van der Waals surface area (Å²) in [5, 5.41) is 3.75. The fourth-order valence-electron chi connectivity index (χ4n) is 3.89. The highest BCUT2D eigenvalue weighted by Gasteiger charge is 2.24. The number of nitrogens with zero attached hydrogens (tertiary/aromatic N) is 5. The van der Waals surface area contributed by atoms with E-state index in [1.807, 2.05) is 6.92 Å². The Morgan fingerprint density at radius 1 is 1.15 bits per heavy atom. The molecule has 1 N–H and O–H groups in total. The van der Waals surface area contributed by atoms with Crippen molar-refractivity contribution >= 4 is 50.1 Å². The third-order valence-electron chi connectivity index (χ3n) is 5.58. The first-order valence-electron chi connectivity index (χ1n) is 10.4. The molecular formula is C22H21BrF2N6OS. The minimum absolute atomic E-state index is 0.138. The van der Waals surface area contributed by atoms with Crippen LogP contribution in [0.5, 0.6) is 11.8 Å². The predicted molar refractivity (Wildman–Crippen MR) is 129 cm³/mol. The molecule has 3 aromatic rings. The highest BCUT2D eigenvalue weighted by Crippen LogP contribution is 2.37. The summed E-state index contributed by atoms with van der Waals surface area (Å²) in [4.78, 5) is 17.4. The molecule has 0 spiro atoms. The second-order valence-corrected chi connectivity index (χ2v) is 10.5. The van der Waals surface area contributed by atoms with Crippen molar-refractivity contribution in [1.82, 2.24) is 19.9 Å². The van der Waals surface area contributed by atoms with Crippen LogP contribution >= 0.6 is 27.3 Å². The van der Waals surface area contributed by atoms with Crippen molar-refractivity contribution in [2.45, 2.75) is 13.3 Å². The molecule has 0 amide bonds. The number of hydrogen-bond donors (Lipinski definition) is 1. The van der Waals surface area contributed by atoms with Crippen molar-refractivity contribution in [2.75, 3.05) is 43.4 Å². The number of halogens is 3. The highest BCUT2D eigenvalue weighted by atomic mass is 79.9. The van der Waals surface area contributed by atoms with Gasteiger partial charge in [-0.1, -0.05) is 23.0 Å². The Bertz CT molecular complexity index is 1240. The van der Waals surface area contributed by atoms with Crippen LogP contribution in [0.15, 0.2) is 27.7 Å². The second-order valence-electron chi connectivity index (χ2n) is 8.12. The van der Waals surface area contributed by atoms with Crippen molar-refractivity contribution in [3.05, 3.63) is 50.5 Å². The van der Waals surface area contributed by atoms with E-state index in [2.05, 4.69) is 53.0 Å². The molecule has 2 aromatic heterocycles. The Hall–Kier alpha value is -2.63. The molecule has 1 fully saturated rings. The molecule has 0 bridgehead atoms. The first kappa shape index (κ1) is 22.2. The normalized spacial score (nSPS) is 16.0. The molecule has 2 aliphatic rings. The fraction of sp³-hybridized carbons (Fsp3) is 0.318. The van der Waals surface area contributed by atoms with Crippen LogP contribution in [-0.2, 0) is 6.42 Å². The molecule has 1 aliphatic heterocycles. The number of allylic oxidation sites excluding steroid dienone is 1. The number of likely N-dealkylation sites (N-methyl/N-ethyl adjacent to an activating group) is 1. The van der Waals surface area contributed by atoms with Crippen molar-refractivity contribution in [3.63, 3.8) is 0 Å². The zero-order valence-corrected chi connectivity index (χ0v) is 20.4. The van der Waals surface area contributed by atoms with E-state index in [0.717, 1.165) is 35.5 Å². The van der Waals surface area contributed by atoms with Gasteiger partial charge in [-0.05, 0) is 48.0 Å². The van der Waals surface area contributed by atoms with Crippen LogP contribution in [0.3, 0.4) is 0 Å². The van der Waals surface area contributed by atoms with E-state index in [0.29, 0.717) is 34.3 Å². The average molecular weight is 535 g/mol. The molecule has 0 atom stereocenters. The van der Waals surface area contributed by atoms with Crippen molar-refractivity contribution < 1.29 is 13.5 Å². The summed E-state index contributed by atoms with van der Waals surface area (Å²) in [5.74, 6) is -0.981. The third kappa shape index (κ3) is 4.71. The lowest BCUT2D eigenvalue weighted by atomic mass is 10.1. The van der Waals surface area contributed by atoms with Gasteiger partial charge in [0, 0.05) is 37.8 Å². The van der Waals surface area contributed by atoms with Gasteiger partial charge < -0.3 is 19.9 Å². The molecule has 0 saturated carbocycles. The predicted octanol–water partition coefficient (Wildman–Crippen LogP) is 5.22. The Kier molecular flexibility index (Phi) is 6.02.